The van der Waals surface area contributed by atoms with Crippen LogP contribution in [-0.2, 0) is 6.42 Å². The fourth-order valence-electron chi connectivity index (χ4n) is 2.22. The van der Waals surface area contributed by atoms with Crippen molar-refractivity contribution in [1.82, 2.24) is 9.97 Å². The molecule has 0 aliphatic heterocycles. The van der Waals surface area contributed by atoms with Gasteiger partial charge in [0.2, 0.25) is 0 Å². The summed E-state index contributed by atoms with van der Waals surface area (Å²) in [6.45, 7) is 5.76. The minimum absolute atomic E-state index is 0.0436. The lowest BCUT2D eigenvalue weighted by molar-refractivity contribution is 0.230. The van der Waals surface area contributed by atoms with Crippen LogP contribution in [-0.4, -0.2) is 23.2 Å². The molecule has 118 valence electrons. The van der Waals surface area contributed by atoms with Gasteiger partial charge in [-0.15, -0.1) is 0 Å². The molecule has 1 aromatic carbocycles. The Morgan fingerprint density at radius 3 is 2.55 bits per heavy atom. The largest absolute Gasteiger partial charge is 0.493 e. The van der Waals surface area contributed by atoms with Gasteiger partial charge in [0.15, 0.2) is 16.3 Å². The van der Waals surface area contributed by atoms with Crippen molar-refractivity contribution >= 4 is 12.2 Å². The summed E-state index contributed by atoms with van der Waals surface area (Å²) in [7, 11) is 1.61. The highest BCUT2D eigenvalue weighted by atomic mass is 32.1. The number of aryl methyl sites for hydroxylation is 1. The number of ether oxygens (including phenoxy) is 2. The van der Waals surface area contributed by atoms with Gasteiger partial charge in [0.1, 0.15) is 0 Å². The quantitative estimate of drug-likeness (QED) is 0.831. The minimum atomic E-state index is -0.164. The number of H-pyrrole nitrogens is 2. The molecule has 0 fully saturated rings. The summed E-state index contributed by atoms with van der Waals surface area (Å²) in [6.07, 6.45) is 0.535. The van der Waals surface area contributed by atoms with Crippen molar-refractivity contribution in [2.24, 2.45) is 0 Å². The Bertz CT molecular complexity index is 778. The second kappa shape index (κ2) is 6.79. The highest BCUT2D eigenvalue weighted by Gasteiger charge is 2.11. The second-order valence-corrected chi connectivity index (χ2v) is 5.75. The molecule has 0 atom stereocenters. The van der Waals surface area contributed by atoms with E-state index in [2.05, 4.69) is 9.97 Å². The van der Waals surface area contributed by atoms with E-state index in [1.165, 1.54) is 0 Å². The van der Waals surface area contributed by atoms with E-state index >= 15 is 0 Å². The van der Waals surface area contributed by atoms with E-state index in [0.29, 0.717) is 28.3 Å². The van der Waals surface area contributed by atoms with Crippen LogP contribution in [0.3, 0.4) is 0 Å². The minimum Gasteiger partial charge on any atom is -0.493 e. The van der Waals surface area contributed by atoms with Crippen LogP contribution in [0.1, 0.15) is 30.7 Å². The molecule has 0 aliphatic rings. The van der Waals surface area contributed by atoms with Crippen LogP contribution in [0.15, 0.2) is 23.0 Å². The summed E-state index contributed by atoms with van der Waals surface area (Å²) in [5.74, 6) is 1.35. The van der Waals surface area contributed by atoms with E-state index in [1.807, 2.05) is 39.0 Å². The standard InChI is InChI=1S/C16H20N2O3S/c1-9(2)21-14-8-11(5-6-13(14)20-4)7-12-10(3)17-16(22)18-15(12)19/h5-6,8-9H,7H2,1-4H3,(H2,17,18,19,22). The smallest absolute Gasteiger partial charge is 0.255 e. The van der Waals surface area contributed by atoms with Gasteiger partial charge in [0.25, 0.3) is 5.56 Å². The molecule has 5 nitrogen and oxygen atoms in total. The molecule has 2 rings (SSSR count). The molecule has 0 unspecified atom stereocenters. The van der Waals surface area contributed by atoms with Crippen LogP contribution in [0.2, 0.25) is 0 Å². The molecule has 0 saturated heterocycles. The van der Waals surface area contributed by atoms with Crippen LogP contribution in [0.5, 0.6) is 11.5 Å². The number of benzene rings is 1. The molecular weight excluding hydrogens is 300 g/mol. The maximum absolute atomic E-state index is 12.1. The lowest BCUT2D eigenvalue weighted by atomic mass is 10.0. The van der Waals surface area contributed by atoms with E-state index in [-0.39, 0.29) is 11.7 Å². The molecular formula is C16H20N2O3S. The zero-order valence-electron chi connectivity index (χ0n) is 13.1. The summed E-state index contributed by atoms with van der Waals surface area (Å²) in [6, 6.07) is 5.67. The first-order chi connectivity index (χ1) is 10.4. The van der Waals surface area contributed by atoms with Crippen LogP contribution < -0.4 is 15.0 Å². The molecule has 0 amide bonds. The fourth-order valence-corrected chi connectivity index (χ4v) is 2.47. The average molecular weight is 320 g/mol. The summed E-state index contributed by atoms with van der Waals surface area (Å²) in [5.41, 5.74) is 2.24. The zero-order valence-corrected chi connectivity index (χ0v) is 14.0. The summed E-state index contributed by atoms with van der Waals surface area (Å²) in [4.78, 5) is 17.6. The third-order valence-electron chi connectivity index (χ3n) is 3.23. The normalized spacial score (nSPS) is 10.8. The lowest BCUT2D eigenvalue weighted by Crippen LogP contribution is -2.16. The van der Waals surface area contributed by atoms with Gasteiger partial charge in [-0.2, -0.15) is 0 Å². The van der Waals surface area contributed by atoms with Crippen LogP contribution in [0, 0.1) is 11.7 Å². The van der Waals surface area contributed by atoms with E-state index < -0.39 is 0 Å². The van der Waals surface area contributed by atoms with Crippen molar-refractivity contribution < 1.29 is 9.47 Å². The van der Waals surface area contributed by atoms with Gasteiger partial charge >= 0.3 is 0 Å². The molecule has 1 aromatic heterocycles. The molecule has 6 heteroatoms. The number of rotatable bonds is 5. The first kappa shape index (κ1) is 16.3. The van der Waals surface area contributed by atoms with Crippen molar-refractivity contribution in [2.75, 3.05) is 7.11 Å². The maximum Gasteiger partial charge on any atom is 0.255 e. The molecule has 2 N–H and O–H groups in total. The first-order valence-electron chi connectivity index (χ1n) is 7.06. The molecule has 22 heavy (non-hydrogen) atoms. The number of methoxy groups -OCH3 is 1. The molecule has 0 radical (unpaired) electrons. The number of hydrogen-bond acceptors (Lipinski definition) is 4. The molecule has 0 aliphatic carbocycles. The van der Waals surface area contributed by atoms with Crippen molar-refractivity contribution in [2.45, 2.75) is 33.3 Å². The predicted octanol–water partition coefficient (Wildman–Crippen LogP) is 3.13. The van der Waals surface area contributed by atoms with Gasteiger partial charge in [-0.05, 0) is 50.7 Å². The lowest BCUT2D eigenvalue weighted by Gasteiger charge is -2.15. The summed E-state index contributed by atoms with van der Waals surface area (Å²) >= 11 is 4.96. The Kier molecular flexibility index (Phi) is 5.03. The maximum atomic E-state index is 12.1. The van der Waals surface area contributed by atoms with E-state index in [9.17, 15) is 4.79 Å². The molecule has 0 saturated carbocycles. The number of hydrogen-bond donors (Lipinski definition) is 2. The van der Waals surface area contributed by atoms with Gasteiger partial charge in [-0.25, -0.2) is 0 Å². The first-order valence-corrected chi connectivity index (χ1v) is 7.47. The van der Waals surface area contributed by atoms with Gasteiger partial charge in [0.05, 0.1) is 13.2 Å². The van der Waals surface area contributed by atoms with Crippen molar-refractivity contribution in [3.63, 3.8) is 0 Å². The third kappa shape index (κ3) is 3.76. The average Bonchev–Trinajstić information content (AvgIpc) is 2.42. The number of aromatic amines is 2. The van der Waals surface area contributed by atoms with E-state index in [0.717, 1.165) is 11.3 Å². The number of aromatic nitrogens is 2. The zero-order chi connectivity index (χ0) is 16.3. The molecule has 0 spiro atoms. The topological polar surface area (TPSA) is 67.1 Å². The van der Waals surface area contributed by atoms with Gasteiger partial charge in [-0.3, -0.25) is 9.78 Å². The van der Waals surface area contributed by atoms with Crippen molar-refractivity contribution in [3.05, 3.63) is 50.1 Å². The van der Waals surface area contributed by atoms with Gasteiger partial charge in [0, 0.05) is 17.7 Å². The molecule has 2 aromatic rings. The highest BCUT2D eigenvalue weighted by molar-refractivity contribution is 7.71. The Morgan fingerprint density at radius 1 is 1.23 bits per heavy atom. The van der Waals surface area contributed by atoms with Crippen LogP contribution in [0.4, 0.5) is 0 Å². The van der Waals surface area contributed by atoms with Crippen LogP contribution in [0.25, 0.3) is 0 Å². The summed E-state index contributed by atoms with van der Waals surface area (Å²) < 4.78 is 11.4. The molecule has 1 heterocycles. The third-order valence-corrected chi connectivity index (χ3v) is 3.43. The Labute approximate surface area is 134 Å². The fraction of sp³-hybridized carbons (Fsp3) is 0.375. The van der Waals surface area contributed by atoms with E-state index in [1.54, 1.807) is 7.11 Å². The Hall–Kier alpha value is -2.08. The van der Waals surface area contributed by atoms with Crippen molar-refractivity contribution in [3.8, 4) is 11.5 Å². The summed E-state index contributed by atoms with van der Waals surface area (Å²) in [5, 5.41) is 0. The van der Waals surface area contributed by atoms with Gasteiger partial charge in [-0.1, -0.05) is 6.07 Å². The van der Waals surface area contributed by atoms with Crippen LogP contribution >= 0.6 is 12.2 Å². The SMILES string of the molecule is COc1ccc(Cc2c(C)[nH]c(=S)[nH]c2=O)cc1OC(C)C. The highest BCUT2D eigenvalue weighted by Crippen LogP contribution is 2.29. The monoisotopic (exact) mass is 320 g/mol. The molecule has 0 bridgehead atoms. The second-order valence-electron chi connectivity index (χ2n) is 5.34. The number of nitrogens with one attached hydrogen (secondary N) is 2. The predicted molar refractivity (Wildman–Crippen MR) is 88.5 cm³/mol. The van der Waals surface area contributed by atoms with E-state index in [4.69, 9.17) is 21.7 Å². The van der Waals surface area contributed by atoms with Crippen molar-refractivity contribution in [1.29, 1.82) is 0 Å². The van der Waals surface area contributed by atoms with Gasteiger partial charge < -0.3 is 14.5 Å². The Morgan fingerprint density at radius 2 is 1.95 bits per heavy atom. The Balaban J connectivity index is 2.38.